The Labute approximate surface area is 303 Å². The maximum atomic E-state index is 12.7. The van der Waals surface area contributed by atoms with Crippen LogP contribution in [0.5, 0.6) is 0 Å². The summed E-state index contributed by atoms with van der Waals surface area (Å²) in [5, 5.41) is 30.4. The smallest absolute Gasteiger partial charge is 0.323 e. The fourth-order valence-electron chi connectivity index (χ4n) is 5.17. The van der Waals surface area contributed by atoms with Crippen LogP contribution in [0, 0.1) is 5.92 Å². The first kappa shape index (κ1) is 42.6. The first-order valence-electron chi connectivity index (χ1n) is 16.9. The summed E-state index contributed by atoms with van der Waals surface area (Å²) in [5.74, 6) is -3.51. The normalized spacial score (nSPS) is 16.1. The Hall–Kier alpha value is -0.550. The standard InChI is InChI=1S/C31H52N2O8S6/c34-25(32-21-16-15-17-24(29(40)41)30-42-44-31(45-43-30)46-47-31)20-22-33(23-28(38)39)26(35)18-13-11-9-7-5-3-1-2-4-6-8-10-12-14-19-27(36)37/h24,30H,1-23H2,(H,32,34)(H,36,37)(H,38,39)(H,40,41)/t24-/m0/s1. The zero-order chi connectivity index (χ0) is 34.3. The van der Waals surface area contributed by atoms with Gasteiger partial charge in [0, 0.05) is 32.4 Å². The summed E-state index contributed by atoms with van der Waals surface area (Å²) < 4.78 is 0.134. The minimum Gasteiger partial charge on any atom is -0.481 e. The molecule has 0 radical (unpaired) electrons. The maximum absolute atomic E-state index is 12.7. The monoisotopic (exact) mass is 772 g/mol. The van der Waals surface area contributed by atoms with Gasteiger partial charge in [0.2, 0.25) is 11.8 Å². The van der Waals surface area contributed by atoms with Crippen LogP contribution in [-0.4, -0.2) is 76.9 Å². The third-order valence-electron chi connectivity index (χ3n) is 7.94. The number of nitrogens with zero attached hydrogens (tertiary/aromatic N) is 1. The predicted octanol–water partition coefficient (Wildman–Crippen LogP) is 8.71. The quantitative estimate of drug-likeness (QED) is 0.0325. The molecule has 0 unspecified atom stereocenters. The van der Waals surface area contributed by atoms with Gasteiger partial charge < -0.3 is 25.5 Å². The van der Waals surface area contributed by atoms with Crippen molar-refractivity contribution >= 4 is 94.5 Å². The van der Waals surface area contributed by atoms with Gasteiger partial charge in [-0.25, -0.2) is 0 Å². The summed E-state index contributed by atoms with van der Waals surface area (Å²) >= 11 is 0. The van der Waals surface area contributed by atoms with Gasteiger partial charge in [-0.2, -0.15) is 0 Å². The third kappa shape index (κ3) is 20.7. The number of carboxylic acid groups (broad SMARTS) is 3. The van der Waals surface area contributed by atoms with Crippen molar-refractivity contribution in [3.63, 3.8) is 0 Å². The van der Waals surface area contributed by atoms with Gasteiger partial charge in [0.1, 0.15) is 6.54 Å². The number of aliphatic carboxylic acids is 3. The van der Waals surface area contributed by atoms with Crippen LogP contribution < -0.4 is 5.32 Å². The molecule has 270 valence electrons. The second kappa shape index (κ2) is 25.4. The number of unbranched alkanes of at least 4 members (excludes halogenated alkanes) is 14. The third-order valence-corrected chi connectivity index (χ3v) is 21.8. The second-order valence-electron chi connectivity index (χ2n) is 12.0. The molecular formula is C31H52N2O8S6. The highest BCUT2D eigenvalue weighted by Crippen LogP contribution is 2.84. The van der Waals surface area contributed by atoms with E-state index in [4.69, 9.17) is 5.11 Å². The van der Waals surface area contributed by atoms with Crippen molar-refractivity contribution in [2.45, 2.75) is 136 Å². The van der Waals surface area contributed by atoms with Crippen molar-refractivity contribution in [1.82, 2.24) is 10.2 Å². The molecule has 2 aliphatic rings. The fraction of sp³-hybridized carbons (Fsp3) is 0.839. The summed E-state index contributed by atoms with van der Waals surface area (Å²) in [6, 6.07) is 0. The molecule has 2 amide bonds. The van der Waals surface area contributed by atoms with Crippen LogP contribution in [0.4, 0.5) is 0 Å². The molecule has 2 fully saturated rings. The van der Waals surface area contributed by atoms with Gasteiger partial charge in [0.15, 0.2) is 2.74 Å². The van der Waals surface area contributed by atoms with Gasteiger partial charge in [-0.1, -0.05) is 127 Å². The Bertz CT molecular complexity index is 964. The Balaban J connectivity index is 1.46. The Morgan fingerprint density at radius 1 is 0.617 bits per heavy atom. The molecule has 2 heterocycles. The highest BCUT2D eigenvalue weighted by Gasteiger charge is 2.53. The lowest BCUT2D eigenvalue weighted by atomic mass is 10.0. The van der Waals surface area contributed by atoms with E-state index in [2.05, 4.69) is 5.32 Å². The Kier molecular flexibility index (Phi) is 23.0. The van der Waals surface area contributed by atoms with E-state index in [1.165, 1.54) is 49.8 Å². The van der Waals surface area contributed by atoms with Crippen molar-refractivity contribution in [1.29, 1.82) is 0 Å². The van der Waals surface area contributed by atoms with Gasteiger partial charge in [-0.05, 0) is 47.3 Å². The van der Waals surface area contributed by atoms with Crippen molar-refractivity contribution in [3.8, 4) is 0 Å². The molecule has 16 heteroatoms. The van der Waals surface area contributed by atoms with E-state index in [1.54, 1.807) is 43.2 Å². The maximum Gasteiger partial charge on any atom is 0.323 e. The van der Waals surface area contributed by atoms with Crippen LogP contribution in [-0.2, 0) is 24.0 Å². The van der Waals surface area contributed by atoms with E-state index >= 15 is 0 Å². The van der Waals surface area contributed by atoms with Crippen LogP contribution >= 0.6 is 64.8 Å². The largest absolute Gasteiger partial charge is 0.481 e. The highest BCUT2D eigenvalue weighted by atomic mass is 33.2. The number of hydrogen-bond donors (Lipinski definition) is 4. The predicted molar refractivity (Wildman–Crippen MR) is 200 cm³/mol. The molecule has 4 N–H and O–H groups in total. The summed E-state index contributed by atoms with van der Waals surface area (Å²) in [6.45, 7) is 0.0619. The lowest BCUT2D eigenvalue weighted by Gasteiger charge is -2.27. The van der Waals surface area contributed by atoms with Gasteiger partial charge in [0.25, 0.3) is 0 Å². The van der Waals surface area contributed by atoms with E-state index in [9.17, 15) is 34.2 Å². The van der Waals surface area contributed by atoms with Gasteiger partial charge in [-0.15, -0.1) is 0 Å². The van der Waals surface area contributed by atoms with Crippen molar-refractivity contribution < 1.29 is 39.3 Å². The van der Waals surface area contributed by atoms with Crippen molar-refractivity contribution in [2.24, 2.45) is 5.92 Å². The van der Waals surface area contributed by atoms with E-state index in [-0.39, 0.29) is 44.9 Å². The molecule has 10 nitrogen and oxygen atoms in total. The van der Waals surface area contributed by atoms with E-state index in [0.29, 0.717) is 32.2 Å². The van der Waals surface area contributed by atoms with Gasteiger partial charge in [0.05, 0.1) is 10.5 Å². The molecule has 0 aromatic rings. The van der Waals surface area contributed by atoms with Crippen LogP contribution in [0.3, 0.4) is 0 Å². The summed E-state index contributed by atoms with van der Waals surface area (Å²) in [7, 11) is 10.4. The van der Waals surface area contributed by atoms with Gasteiger partial charge in [-0.3, -0.25) is 24.0 Å². The molecule has 2 rings (SSSR count). The molecule has 2 saturated heterocycles. The van der Waals surface area contributed by atoms with Crippen LogP contribution in [0.15, 0.2) is 0 Å². The molecule has 0 aromatic heterocycles. The molecule has 0 aliphatic carbocycles. The molecule has 47 heavy (non-hydrogen) atoms. The summed E-state index contributed by atoms with van der Waals surface area (Å²) in [6.07, 6.45) is 17.7. The number of carbonyl (C=O) groups excluding carboxylic acids is 2. The molecule has 0 bridgehead atoms. The van der Waals surface area contributed by atoms with Crippen LogP contribution in [0.2, 0.25) is 0 Å². The average molecular weight is 773 g/mol. The van der Waals surface area contributed by atoms with Crippen molar-refractivity contribution in [3.05, 3.63) is 0 Å². The molecular weight excluding hydrogens is 721 g/mol. The molecule has 1 spiro atoms. The minimum atomic E-state index is -1.10. The SMILES string of the molecule is O=C(O)CCCCCCCCCCCCCCCCC(=O)N(CCC(=O)NCCCC[C@@H](C(=O)O)C1SSC2(SS1)SS2)CC(=O)O. The van der Waals surface area contributed by atoms with Crippen molar-refractivity contribution in [2.75, 3.05) is 19.6 Å². The number of nitrogens with one attached hydrogen (secondary N) is 1. The second-order valence-corrected chi connectivity index (χ2v) is 21.5. The summed E-state index contributed by atoms with van der Waals surface area (Å²) in [5.41, 5.74) is 0. The Morgan fingerprint density at radius 3 is 1.60 bits per heavy atom. The fourth-order valence-corrected chi connectivity index (χ4v) is 19.0. The van der Waals surface area contributed by atoms with E-state index in [1.807, 2.05) is 21.6 Å². The molecule has 1 atom stereocenters. The molecule has 0 aromatic carbocycles. The number of carboxylic acids is 3. The first-order valence-corrected chi connectivity index (χ1v) is 23.5. The lowest BCUT2D eigenvalue weighted by molar-refractivity contribution is -0.145. The number of amides is 2. The molecule has 0 saturated carbocycles. The van der Waals surface area contributed by atoms with Gasteiger partial charge >= 0.3 is 17.9 Å². The van der Waals surface area contributed by atoms with E-state index in [0.717, 1.165) is 38.5 Å². The minimum absolute atomic E-state index is 0.00493. The zero-order valence-corrected chi connectivity index (χ0v) is 32.1. The van der Waals surface area contributed by atoms with E-state index < -0.39 is 30.4 Å². The molecule has 2 aliphatic heterocycles. The number of rotatable bonds is 29. The lowest BCUT2D eigenvalue weighted by Crippen LogP contribution is -2.38. The summed E-state index contributed by atoms with van der Waals surface area (Å²) in [4.78, 5) is 60.0. The average Bonchev–Trinajstić information content (AvgIpc) is 3.79. The van der Waals surface area contributed by atoms with Crippen LogP contribution in [0.1, 0.15) is 128 Å². The zero-order valence-electron chi connectivity index (χ0n) is 27.2. The highest BCUT2D eigenvalue weighted by molar-refractivity contribution is 9.14. The number of hydrogen-bond acceptors (Lipinski definition) is 11. The number of carbonyl (C=O) groups is 5. The first-order chi connectivity index (χ1) is 22.6. The Morgan fingerprint density at radius 2 is 1.13 bits per heavy atom. The topological polar surface area (TPSA) is 161 Å². The van der Waals surface area contributed by atoms with Crippen LogP contribution in [0.25, 0.3) is 0 Å².